The average molecular weight is 351 g/mol. The molecule has 0 saturated carbocycles. The van der Waals surface area contributed by atoms with Crippen molar-refractivity contribution in [3.63, 3.8) is 0 Å². The maximum atomic E-state index is 11.1. The highest BCUT2D eigenvalue weighted by Crippen LogP contribution is 2.25. The Morgan fingerprint density at radius 2 is 1.92 bits per heavy atom. The number of hydrogen-bond acceptors (Lipinski definition) is 5. The van der Waals surface area contributed by atoms with E-state index in [1.807, 2.05) is 36.7 Å². The van der Waals surface area contributed by atoms with Crippen molar-refractivity contribution in [3.8, 4) is 11.3 Å². The van der Waals surface area contributed by atoms with Crippen LogP contribution in [-0.2, 0) is 4.79 Å². The average Bonchev–Trinajstić information content (AvgIpc) is 2.68. The fourth-order valence-electron chi connectivity index (χ4n) is 3.93. The van der Waals surface area contributed by atoms with Crippen molar-refractivity contribution in [2.45, 2.75) is 32.2 Å². The quantitative estimate of drug-likeness (QED) is 0.921. The van der Waals surface area contributed by atoms with Gasteiger partial charge in [0.15, 0.2) is 0 Å². The largest absolute Gasteiger partial charge is 0.352 e. The van der Waals surface area contributed by atoms with E-state index in [4.69, 9.17) is 0 Å². The van der Waals surface area contributed by atoms with E-state index in [0.717, 1.165) is 42.4 Å². The minimum atomic E-state index is -0.0695. The zero-order valence-electron chi connectivity index (χ0n) is 15.2. The van der Waals surface area contributed by atoms with Crippen LogP contribution < -0.4 is 10.2 Å². The third-order valence-corrected chi connectivity index (χ3v) is 5.30. The standard InChI is InChI=1S/C20H25N5O/c1-15(26)23-17-7-5-16(6-8-17)19-12-22-20(13-21-19)25-11-10-24-9-3-2-4-18(24)14-25/h5-8,12-13,18H,2-4,9-11,14H2,1H3,(H,23,26). The Balaban J connectivity index is 1.44. The highest BCUT2D eigenvalue weighted by atomic mass is 16.1. The summed E-state index contributed by atoms with van der Waals surface area (Å²) >= 11 is 0. The molecular formula is C20H25N5O. The molecule has 1 unspecified atom stereocenters. The fourth-order valence-corrected chi connectivity index (χ4v) is 3.93. The molecule has 1 N–H and O–H groups in total. The SMILES string of the molecule is CC(=O)Nc1ccc(-c2cnc(N3CCN4CCCCC4C3)cn2)cc1. The molecule has 2 aliphatic rings. The van der Waals surface area contributed by atoms with Gasteiger partial charge in [0.05, 0.1) is 18.1 Å². The number of piperazine rings is 1. The summed E-state index contributed by atoms with van der Waals surface area (Å²) in [5.74, 6) is 0.897. The van der Waals surface area contributed by atoms with E-state index >= 15 is 0 Å². The van der Waals surface area contributed by atoms with Crippen LogP contribution in [0.25, 0.3) is 11.3 Å². The summed E-state index contributed by atoms with van der Waals surface area (Å²) < 4.78 is 0. The van der Waals surface area contributed by atoms with Gasteiger partial charge in [-0.15, -0.1) is 0 Å². The normalized spacial score (nSPS) is 20.5. The number of carbonyl (C=O) groups excluding carboxylic acids is 1. The number of anilines is 2. The minimum Gasteiger partial charge on any atom is -0.352 e. The predicted molar refractivity (Wildman–Crippen MR) is 103 cm³/mol. The zero-order valence-corrected chi connectivity index (χ0v) is 15.2. The van der Waals surface area contributed by atoms with Gasteiger partial charge in [-0.3, -0.25) is 14.7 Å². The van der Waals surface area contributed by atoms with E-state index in [0.29, 0.717) is 6.04 Å². The van der Waals surface area contributed by atoms with Gasteiger partial charge >= 0.3 is 0 Å². The van der Waals surface area contributed by atoms with Crippen LogP contribution >= 0.6 is 0 Å². The number of aromatic nitrogens is 2. The van der Waals surface area contributed by atoms with Crippen LogP contribution in [0.15, 0.2) is 36.7 Å². The van der Waals surface area contributed by atoms with Crippen LogP contribution in [0, 0.1) is 0 Å². The molecule has 1 aromatic carbocycles. The maximum absolute atomic E-state index is 11.1. The number of carbonyl (C=O) groups is 1. The van der Waals surface area contributed by atoms with Crippen molar-refractivity contribution in [1.82, 2.24) is 14.9 Å². The van der Waals surface area contributed by atoms with Gasteiger partial charge in [-0.2, -0.15) is 0 Å². The molecule has 0 bridgehead atoms. The van der Waals surface area contributed by atoms with E-state index < -0.39 is 0 Å². The smallest absolute Gasteiger partial charge is 0.221 e. The van der Waals surface area contributed by atoms with Gasteiger partial charge in [-0.05, 0) is 31.5 Å². The molecule has 26 heavy (non-hydrogen) atoms. The summed E-state index contributed by atoms with van der Waals surface area (Å²) in [5, 5.41) is 2.77. The molecule has 6 nitrogen and oxygen atoms in total. The fraction of sp³-hybridized carbons (Fsp3) is 0.450. The van der Waals surface area contributed by atoms with Crippen LogP contribution in [0.1, 0.15) is 26.2 Å². The van der Waals surface area contributed by atoms with Gasteiger partial charge in [0.1, 0.15) is 5.82 Å². The second kappa shape index (κ2) is 7.41. The first-order valence-electron chi connectivity index (χ1n) is 9.38. The summed E-state index contributed by atoms with van der Waals surface area (Å²) in [6.45, 7) is 5.96. The van der Waals surface area contributed by atoms with E-state index in [-0.39, 0.29) is 5.91 Å². The topological polar surface area (TPSA) is 61.4 Å². The number of nitrogens with zero attached hydrogens (tertiary/aromatic N) is 4. The first-order valence-corrected chi connectivity index (χ1v) is 9.38. The molecule has 3 heterocycles. The lowest BCUT2D eigenvalue weighted by Gasteiger charge is -2.44. The van der Waals surface area contributed by atoms with E-state index in [1.165, 1.54) is 32.7 Å². The molecular weight excluding hydrogens is 326 g/mol. The second-order valence-electron chi connectivity index (χ2n) is 7.15. The van der Waals surface area contributed by atoms with Crippen LogP contribution in [0.5, 0.6) is 0 Å². The molecule has 136 valence electrons. The Labute approximate surface area is 154 Å². The predicted octanol–water partition coefficient (Wildman–Crippen LogP) is 2.78. The molecule has 1 amide bonds. The molecule has 0 spiro atoms. The van der Waals surface area contributed by atoms with Gasteiger partial charge in [0.2, 0.25) is 5.91 Å². The summed E-state index contributed by atoms with van der Waals surface area (Å²) in [5.41, 5.74) is 2.63. The van der Waals surface area contributed by atoms with Crippen molar-refractivity contribution < 1.29 is 4.79 Å². The highest BCUT2D eigenvalue weighted by molar-refractivity contribution is 5.88. The van der Waals surface area contributed by atoms with Crippen molar-refractivity contribution in [1.29, 1.82) is 0 Å². The minimum absolute atomic E-state index is 0.0695. The Hall–Kier alpha value is -2.47. The highest BCUT2D eigenvalue weighted by Gasteiger charge is 2.29. The lowest BCUT2D eigenvalue weighted by atomic mass is 9.99. The molecule has 2 saturated heterocycles. The van der Waals surface area contributed by atoms with Crippen LogP contribution in [0.4, 0.5) is 11.5 Å². The number of piperidine rings is 1. The Morgan fingerprint density at radius 3 is 2.65 bits per heavy atom. The van der Waals surface area contributed by atoms with Crippen LogP contribution in [0.3, 0.4) is 0 Å². The van der Waals surface area contributed by atoms with Crippen molar-refractivity contribution in [3.05, 3.63) is 36.7 Å². The van der Waals surface area contributed by atoms with E-state index in [2.05, 4.69) is 25.1 Å². The summed E-state index contributed by atoms with van der Waals surface area (Å²) in [6.07, 6.45) is 7.70. The lowest BCUT2D eigenvalue weighted by molar-refractivity contribution is -0.114. The first kappa shape index (κ1) is 17.0. The summed E-state index contributed by atoms with van der Waals surface area (Å²) in [4.78, 5) is 25.4. The molecule has 2 aliphatic heterocycles. The molecule has 1 aromatic heterocycles. The van der Waals surface area contributed by atoms with E-state index in [9.17, 15) is 4.79 Å². The molecule has 0 radical (unpaired) electrons. The maximum Gasteiger partial charge on any atom is 0.221 e. The summed E-state index contributed by atoms with van der Waals surface area (Å²) in [7, 11) is 0. The Kier molecular flexibility index (Phi) is 4.84. The lowest BCUT2D eigenvalue weighted by Crippen LogP contribution is -2.55. The van der Waals surface area contributed by atoms with Gasteiger partial charge in [0.25, 0.3) is 0 Å². The van der Waals surface area contributed by atoms with Crippen LogP contribution in [0.2, 0.25) is 0 Å². The number of rotatable bonds is 3. The van der Waals surface area contributed by atoms with Crippen LogP contribution in [-0.4, -0.2) is 53.0 Å². The van der Waals surface area contributed by atoms with Gasteiger partial charge in [0, 0.05) is 43.9 Å². The summed E-state index contributed by atoms with van der Waals surface area (Å²) in [6, 6.07) is 8.34. The number of fused-ring (bicyclic) bond motifs is 1. The van der Waals surface area contributed by atoms with E-state index in [1.54, 1.807) is 0 Å². The second-order valence-corrected chi connectivity index (χ2v) is 7.15. The monoisotopic (exact) mass is 351 g/mol. The number of hydrogen-bond donors (Lipinski definition) is 1. The zero-order chi connectivity index (χ0) is 17.9. The van der Waals surface area contributed by atoms with Gasteiger partial charge in [-0.1, -0.05) is 18.6 Å². The third kappa shape index (κ3) is 3.70. The Morgan fingerprint density at radius 1 is 1.08 bits per heavy atom. The molecule has 2 aromatic rings. The van der Waals surface area contributed by atoms with Gasteiger partial charge < -0.3 is 10.2 Å². The van der Waals surface area contributed by atoms with Crippen molar-refractivity contribution in [2.24, 2.45) is 0 Å². The first-order chi connectivity index (χ1) is 12.7. The molecule has 2 fully saturated rings. The Bertz CT molecular complexity index is 759. The number of nitrogens with one attached hydrogen (secondary N) is 1. The number of amides is 1. The van der Waals surface area contributed by atoms with Crippen molar-refractivity contribution >= 4 is 17.4 Å². The van der Waals surface area contributed by atoms with Crippen molar-refractivity contribution in [2.75, 3.05) is 36.4 Å². The molecule has 0 aliphatic carbocycles. The third-order valence-electron chi connectivity index (χ3n) is 5.30. The molecule has 4 rings (SSSR count). The molecule has 1 atom stereocenters. The van der Waals surface area contributed by atoms with Gasteiger partial charge in [-0.25, -0.2) is 4.98 Å². The molecule has 6 heteroatoms. The number of benzene rings is 1.